The highest BCUT2D eigenvalue weighted by Crippen LogP contribution is 2.32. The maximum absolute atomic E-state index is 13.2. The summed E-state index contributed by atoms with van der Waals surface area (Å²) in [5.41, 5.74) is 2.11. The van der Waals surface area contributed by atoms with Crippen LogP contribution in [0.25, 0.3) is 10.1 Å². The average Bonchev–Trinajstić information content (AvgIpc) is 3.21. The van der Waals surface area contributed by atoms with Gasteiger partial charge in [0, 0.05) is 26.4 Å². The van der Waals surface area contributed by atoms with Crippen LogP contribution >= 0.6 is 38.9 Å². The van der Waals surface area contributed by atoms with Gasteiger partial charge in [-0.3, -0.25) is 9.10 Å². The lowest BCUT2D eigenvalue weighted by atomic mass is 10.2. The van der Waals surface area contributed by atoms with Crippen LogP contribution in [0.3, 0.4) is 0 Å². The molecule has 4 aromatic rings. The van der Waals surface area contributed by atoms with E-state index in [-0.39, 0.29) is 17.3 Å². The number of hydrogen-bond donors (Lipinski definition) is 1. The summed E-state index contributed by atoms with van der Waals surface area (Å²) in [5, 5.41) is 4.25. The number of sulfonamides is 1. The molecule has 0 saturated heterocycles. The Morgan fingerprint density at radius 1 is 1.06 bits per heavy atom. The van der Waals surface area contributed by atoms with Crippen molar-refractivity contribution in [3.05, 3.63) is 86.7 Å². The standard InChI is InChI=1S/C24H20BrClN2O3S2/c1-3-28(33(30,31)20-9-5-17(25)6-10-20)19-8-11-22-16(12-19)13-23(32-22)24(29)27-21-14-18(26)7-4-15(21)2/h4-14H,3H2,1-2H3,(H,27,29). The van der Waals surface area contributed by atoms with Crippen LogP contribution in [0.1, 0.15) is 22.2 Å². The summed E-state index contributed by atoms with van der Waals surface area (Å²) in [6, 6.07) is 19.1. The van der Waals surface area contributed by atoms with Crippen LogP contribution in [0.15, 0.2) is 76.1 Å². The van der Waals surface area contributed by atoms with Gasteiger partial charge in [-0.1, -0.05) is 33.6 Å². The zero-order valence-electron chi connectivity index (χ0n) is 17.8. The van der Waals surface area contributed by atoms with E-state index in [0.29, 0.717) is 21.3 Å². The first-order valence-electron chi connectivity index (χ1n) is 10.1. The Morgan fingerprint density at radius 3 is 2.48 bits per heavy atom. The molecule has 0 unspecified atom stereocenters. The smallest absolute Gasteiger partial charge is 0.265 e. The molecule has 1 amide bonds. The van der Waals surface area contributed by atoms with Gasteiger partial charge in [0.2, 0.25) is 0 Å². The van der Waals surface area contributed by atoms with Crippen LogP contribution < -0.4 is 9.62 Å². The van der Waals surface area contributed by atoms with Crippen LogP contribution in [0.2, 0.25) is 5.02 Å². The molecular formula is C24H20BrClN2O3S2. The molecule has 9 heteroatoms. The number of carbonyl (C=O) groups excluding carboxylic acids is 1. The van der Waals surface area contributed by atoms with Gasteiger partial charge in [0.1, 0.15) is 0 Å². The van der Waals surface area contributed by atoms with Gasteiger partial charge in [-0.05, 0) is 85.5 Å². The quantitative estimate of drug-likeness (QED) is 0.272. The molecule has 0 fully saturated rings. The van der Waals surface area contributed by atoms with Gasteiger partial charge in [-0.15, -0.1) is 11.3 Å². The van der Waals surface area contributed by atoms with Crippen LogP contribution in [0.5, 0.6) is 0 Å². The fourth-order valence-corrected chi connectivity index (χ4v) is 6.28. The molecule has 1 N–H and O–H groups in total. The first-order chi connectivity index (χ1) is 15.7. The third kappa shape index (κ3) is 4.94. The Labute approximate surface area is 210 Å². The molecule has 0 aliphatic carbocycles. The van der Waals surface area contributed by atoms with Gasteiger partial charge >= 0.3 is 0 Å². The SMILES string of the molecule is CCN(c1ccc2sc(C(=O)Nc3cc(Cl)ccc3C)cc2c1)S(=O)(=O)c1ccc(Br)cc1. The summed E-state index contributed by atoms with van der Waals surface area (Å²) in [4.78, 5) is 13.6. The minimum absolute atomic E-state index is 0.218. The minimum Gasteiger partial charge on any atom is -0.321 e. The predicted molar refractivity (Wildman–Crippen MR) is 140 cm³/mol. The third-order valence-corrected chi connectivity index (χ3v) is 8.94. The second-order valence-corrected chi connectivity index (χ2v) is 11.7. The van der Waals surface area contributed by atoms with Gasteiger partial charge in [0.15, 0.2) is 0 Å². The first kappa shape index (κ1) is 23.8. The summed E-state index contributed by atoms with van der Waals surface area (Å²) < 4.78 is 29.5. The number of halogens is 2. The number of hydrogen-bond acceptors (Lipinski definition) is 4. The van der Waals surface area contributed by atoms with Gasteiger partial charge in [0.25, 0.3) is 15.9 Å². The van der Waals surface area contributed by atoms with Crippen molar-refractivity contribution < 1.29 is 13.2 Å². The number of benzene rings is 3. The largest absolute Gasteiger partial charge is 0.321 e. The molecular weight excluding hydrogens is 544 g/mol. The van der Waals surface area contributed by atoms with Crippen molar-refractivity contribution in [3.63, 3.8) is 0 Å². The van der Waals surface area contributed by atoms with E-state index < -0.39 is 10.0 Å². The highest BCUT2D eigenvalue weighted by molar-refractivity contribution is 9.10. The molecule has 0 radical (unpaired) electrons. The Bertz CT molecular complexity index is 1450. The maximum Gasteiger partial charge on any atom is 0.265 e. The molecule has 0 bridgehead atoms. The monoisotopic (exact) mass is 562 g/mol. The Kier molecular flexibility index (Phi) is 6.81. The lowest BCUT2D eigenvalue weighted by Gasteiger charge is -2.23. The van der Waals surface area contributed by atoms with Crippen molar-refractivity contribution >= 4 is 76.3 Å². The van der Waals surface area contributed by atoms with Crippen LogP contribution in [-0.2, 0) is 10.0 Å². The number of rotatable bonds is 6. The van der Waals surface area contributed by atoms with Crippen molar-refractivity contribution in [3.8, 4) is 0 Å². The van der Waals surface area contributed by atoms with Gasteiger partial charge < -0.3 is 5.32 Å². The Morgan fingerprint density at radius 2 is 1.79 bits per heavy atom. The maximum atomic E-state index is 13.2. The number of aryl methyl sites for hydroxylation is 1. The first-order valence-corrected chi connectivity index (χ1v) is 13.5. The number of anilines is 2. The van der Waals surface area contributed by atoms with E-state index in [1.54, 1.807) is 61.5 Å². The lowest BCUT2D eigenvalue weighted by molar-refractivity contribution is 0.103. The number of amides is 1. The van der Waals surface area contributed by atoms with Crippen LogP contribution in [0, 0.1) is 6.92 Å². The molecule has 33 heavy (non-hydrogen) atoms. The average molecular weight is 564 g/mol. The molecule has 0 aliphatic heterocycles. The highest BCUT2D eigenvalue weighted by atomic mass is 79.9. The molecule has 1 heterocycles. The van der Waals surface area contributed by atoms with E-state index >= 15 is 0 Å². The molecule has 170 valence electrons. The molecule has 4 rings (SSSR count). The zero-order valence-corrected chi connectivity index (χ0v) is 21.8. The van der Waals surface area contributed by atoms with Gasteiger partial charge in [-0.25, -0.2) is 8.42 Å². The third-order valence-electron chi connectivity index (χ3n) is 5.15. The van der Waals surface area contributed by atoms with Crippen molar-refractivity contribution in [2.45, 2.75) is 18.7 Å². The summed E-state index contributed by atoms with van der Waals surface area (Å²) in [6.45, 7) is 3.96. The second kappa shape index (κ2) is 9.46. The van der Waals surface area contributed by atoms with E-state index in [1.165, 1.54) is 15.6 Å². The van der Waals surface area contributed by atoms with Gasteiger partial charge in [-0.2, -0.15) is 0 Å². The summed E-state index contributed by atoms with van der Waals surface area (Å²) >= 11 is 10.7. The molecule has 1 aromatic heterocycles. The second-order valence-electron chi connectivity index (χ2n) is 7.37. The molecule has 0 atom stereocenters. The highest BCUT2D eigenvalue weighted by Gasteiger charge is 2.24. The fraction of sp³-hybridized carbons (Fsp3) is 0.125. The lowest BCUT2D eigenvalue weighted by Crippen LogP contribution is -2.30. The van der Waals surface area contributed by atoms with Crippen LogP contribution in [0.4, 0.5) is 11.4 Å². The molecule has 0 aliphatic rings. The van der Waals surface area contributed by atoms with Crippen LogP contribution in [-0.4, -0.2) is 20.9 Å². The van der Waals surface area contributed by atoms with Crippen molar-refractivity contribution in [1.82, 2.24) is 0 Å². The van der Waals surface area contributed by atoms with E-state index in [0.717, 1.165) is 20.1 Å². The van der Waals surface area contributed by atoms with E-state index in [2.05, 4.69) is 21.2 Å². The predicted octanol–water partition coefficient (Wildman–Crippen LogP) is 7.09. The zero-order chi connectivity index (χ0) is 23.8. The molecule has 0 saturated carbocycles. The summed E-state index contributed by atoms with van der Waals surface area (Å²) in [5.74, 6) is -0.238. The van der Waals surface area contributed by atoms with Crippen molar-refractivity contribution in [2.24, 2.45) is 0 Å². The van der Waals surface area contributed by atoms with E-state index in [9.17, 15) is 13.2 Å². The summed E-state index contributed by atoms with van der Waals surface area (Å²) in [7, 11) is -3.72. The topological polar surface area (TPSA) is 66.5 Å². The fourth-order valence-electron chi connectivity index (χ4n) is 3.44. The van der Waals surface area contributed by atoms with Crippen molar-refractivity contribution in [2.75, 3.05) is 16.2 Å². The molecule has 0 spiro atoms. The van der Waals surface area contributed by atoms with Crippen molar-refractivity contribution in [1.29, 1.82) is 0 Å². The number of thiophene rings is 1. The number of fused-ring (bicyclic) bond motifs is 1. The van der Waals surface area contributed by atoms with E-state index in [4.69, 9.17) is 11.6 Å². The molecule has 3 aromatic carbocycles. The number of nitrogens with zero attached hydrogens (tertiary/aromatic N) is 1. The van der Waals surface area contributed by atoms with E-state index in [1.807, 2.05) is 19.1 Å². The minimum atomic E-state index is -3.72. The summed E-state index contributed by atoms with van der Waals surface area (Å²) in [6.07, 6.45) is 0. The Balaban J connectivity index is 1.65. The Hall–Kier alpha value is -2.39. The number of carbonyl (C=O) groups is 1. The normalized spacial score (nSPS) is 11.5. The number of nitrogens with one attached hydrogen (secondary N) is 1. The van der Waals surface area contributed by atoms with Gasteiger partial charge in [0.05, 0.1) is 15.5 Å². The molecule has 5 nitrogen and oxygen atoms in total.